The average Bonchev–Trinajstić information content (AvgIpc) is 2.70. The maximum Gasteiger partial charge on any atom is 0.224 e. The van der Waals surface area contributed by atoms with Crippen LogP contribution in [0.4, 0.5) is 0 Å². The number of carbonyl (C=O) groups is 1. The van der Waals surface area contributed by atoms with Crippen LogP contribution >= 0.6 is 0 Å². The number of hydrogen-bond acceptors (Lipinski definition) is 2. The first-order valence-corrected chi connectivity index (χ1v) is 6.34. The highest BCUT2D eigenvalue weighted by atomic mass is 16.5. The van der Waals surface area contributed by atoms with Gasteiger partial charge in [0, 0.05) is 17.1 Å². The van der Waals surface area contributed by atoms with Gasteiger partial charge in [-0.3, -0.25) is 4.79 Å². The number of para-hydroxylation sites is 1. The highest BCUT2D eigenvalue weighted by Gasteiger charge is 2.16. The van der Waals surface area contributed by atoms with Crippen molar-refractivity contribution < 1.29 is 9.53 Å². The van der Waals surface area contributed by atoms with Crippen molar-refractivity contribution in [3.05, 3.63) is 30.0 Å². The van der Waals surface area contributed by atoms with Gasteiger partial charge in [-0.05, 0) is 32.4 Å². The van der Waals surface area contributed by atoms with Crippen molar-refractivity contribution in [2.45, 2.75) is 32.7 Å². The van der Waals surface area contributed by atoms with Crippen molar-refractivity contribution in [3.8, 4) is 5.75 Å². The molecule has 1 heterocycles. The van der Waals surface area contributed by atoms with E-state index in [1.54, 1.807) is 7.11 Å². The quantitative estimate of drug-likeness (QED) is 0.891. The van der Waals surface area contributed by atoms with E-state index in [4.69, 9.17) is 4.74 Å². The molecule has 19 heavy (non-hydrogen) atoms. The Hall–Kier alpha value is -1.97. The van der Waals surface area contributed by atoms with E-state index in [0.29, 0.717) is 6.42 Å². The Bertz CT molecular complexity index is 594. The molecule has 2 rings (SSSR count). The molecule has 0 spiro atoms. The molecule has 102 valence electrons. The SMILES string of the molecule is COc1cccc2c(CC(=O)NC(C)(C)C)c[nH]c12. The van der Waals surface area contributed by atoms with Crippen molar-refractivity contribution in [2.24, 2.45) is 0 Å². The third kappa shape index (κ3) is 3.08. The number of hydrogen-bond donors (Lipinski definition) is 2. The number of nitrogens with one attached hydrogen (secondary N) is 2. The number of methoxy groups -OCH3 is 1. The first kappa shape index (κ1) is 13.5. The summed E-state index contributed by atoms with van der Waals surface area (Å²) < 4.78 is 5.29. The van der Waals surface area contributed by atoms with E-state index in [2.05, 4.69) is 10.3 Å². The molecule has 0 aliphatic carbocycles. The molecule has 2 N–H and O–H groups in total. The highest BCUT2D eigenvalue weighted by Crippen LogP contribution is 2.27. The molecule has 0 aliphatic heterocycles. The lowest BCUT2D eigenvalue weighted by Crippen LogP contribution is -2.41. The van der Waals surface area contributed by atoms with E-state index in [1.807, 2.05) is 45.2 Å². The summed E-state index contributed by atoms with van der Waals surface area (Å²) in [5.41, 5.74) is 1.71. The fraction of sp³-hybridized carbons (Fsp3) is 0.400. The number of carbonyl (C=O) groups excluding carboxylic acids is 1. The first-order chi connectivity index (χ1) is 8.90. The minimum atomic E-state index is -0.207. The standard InChI is InChI=1S/C15H20N2O2/c1-15(2,3)17-13(18)8-10-9-16-14-11(10)6-5-7-12(14)19-4/h5-7,9,16H,8H2,1-4H3,(H,17,18). The lowest BCUT2D eigenvalue weighted by molar-refractivity contribution is -0.121. The van der Waals surface area contributed by atoms with Crippen LogP contribution in [0.5, 0.6) is 5.75 Å². The van der Waals surface area contributed by atoms with Gasteiger partial charge in [-0.15, -0.1) is 0 Å². The molecule has 0 saturated heterocycles. The Morgan fingerprint density at radius 2 is 2.11 bits per heavy atom. The Labute approximate surface area is 113 Å². The Morgan fingerprint density at radius 1 is 1.37 bits per heavy atom. The monoisotopic (exact) mass is 260 g/mol. The van der Waals surface area contributed by atoms with Gasteiger partial charge < -0.3 is 15.0 Å². The van der Waals surface area contributed by atoms with Gasteiger partial charge in [0.1, 0.15) is 5.75 Å². The van der Waals surface area contributed by atoms with E-state index < -0.39 is 0 Å². The molecule has 0 fully saturated rings. The van der Waals surface area contributed by atoms with Crippen LogP contribution in [-0.2, 0) is 11.2 Å². The summed E-state index contributed by atoms with van der Waals surface area (Å²) in [6.07, 6.45) is 2.24. The topological polar surface area (TPSA) is 54.1 Å². The zero-order valence-electron chi connectivity index (χ0n) is 11.8. The second-order valence-corrected chi connectivity index (χ2v) is 5.67. The van der Waals surface area contributed by atoms with E-state index in [-0.39, 0.29) is 11.4 Å². The summed E-state index contributed by atoms with van der Waals surface area (Å²) in [4.78, 5) is 15.1. The van der Waals surface area contributed by atoms with Gasteiger partial charge in [0.05, 0.1) is 19.0 Å². The highest BCUT2D eigenvalue weighted by molar-refractivity contribution is 5.92. The normalized spacial score (nSPS) is 11.6. The van der Waals surface area contributed by atoms with Gasteiger partial charge in [-0.25, -0.2) is 0 Å². The molecule has 0 saturated carbocycles. The van der Waals surface area contributed by atoms with Crippen LogP contribution in [0.2, 0.25) is 0 Å². The van der Waals surface area contributed by atoms with Crippen molar-refractivity contribution >= 4 is 16.8 Å². The Balaban J connectivity index is 2.25. The fourth-order valence-corrected chi connectivity index (χ4v) is 2.14. The van der Waals surface area contributed by atoms with Crippen LogP contribution in [0.15, 0.2) is 24.4 Å². The van der Waals surface area contributed by atoms with E-state index in [0.717, 1.165) is 22.2 Å². The average molecular weight is 260 g/mol. The smallest absolute Gasteiger partial charge is 0.224 e. The number of benzene rings is 1. The number of aromatic amines is 1. The number of H-pyrrole nitrogens is 1. The lowest BCUT2D eigenvalue weighted by atomic mass is 10.1. The van der Waals surface area contributed by atoms with Crippen LogP contribution in [0.3, 0.4) is 0 Å². The van der Waals surface area contributed by atoms with E-state index in [9.17, 15) is 4.79 Å². The summed E-state index contributed by atoms with van der Waals surface area (Å²) in [6, 6.07) is 5.83. The van der Waals surface area contributed by atoms with Crippen LogP contribution < -0.4 is 10.1 Å². The van der Waals surface area contributed by atoms with E-state index in [1.165, 1.54) is 0 Å². The fourth-order valence-electron chi connectivity index (χ4n) is 2.14. The number of rotatable bonds is 3. The predicted molar refractivity (Wildman–Crippen MR) is 76.5 cm³/mol. The Kier molecular flexibility index (Phi) is 3.51. The molecule has 1 amide bonds. The van der Waals surface area contributed by atoms with Gasteiger partial charge in [-0.1, -0.05) is 12.1 Å². The van der Waals surface area contributed by atoms with Crippen molar-refractivity contribution in [2.75, 3.05) is 7.11 Å². The minimum absolute atomic E-state index is 0.0243. The van der Waals surface area contributed by atoms with Crippen LogP contribution in [-0.4, -0.2) is 23.5 Å². The molecular formula is C15H20N2O2. The molecule has 1 aromatic heterocycles. The number of fused-ring (bicyclic) bond motifs is 1. The van der Waals surface area contributed by atoms with Crippen molar-refractivity contribution in [1.29, 1.82) is 0 Å². The van der Waals surface area contributed by atoms with E-state index >= 15 is 0 Å². The number of ether oxygens (including phenoxy) is 1. The van der Waals surface area contributed by atoms with Crippen LogP contribution in [0, 0.1) is 0 Å². The van der Waals surface area contributed by atoms with Crippen LogP contribution in [0.1, 0.15) is 26.3 Å². The molecule has 0 radical (unpaired) electrons. The van der Waals surface area contributed by atoms with Gasteiger partial charge in [0.25, 0.3) is 0 Å². The molecule has 0 atom stereocenters. The van der Waals surface area contributed by atoms with Gasteiger partial charge >= 0.3 is 0 Å². The van der Waals surface area contributed by atoms with Gasteiger partial charge in [0.2, 0.25) is 5.91 Å². The molecule has 2 aromatic rings. The third-order valence-electron chi connectivity index (χ3n) is 2.85. The summed E-state index contributed by atoms with van der Waals surface area (Å²) in [6.45, 7) is 5.93. The summed E-state index contributed by atoms with van der Waals surface area (Å²) >= 11 is 0. The third-order valence-corrected chi connectivity index (χ3v) is 2.85. The van der Waals surface area contributed by atoms with Gasteiger partial charge in [-0.2, -0.15) is 0 Å². The largest absolute Gasteiger partial charge is 0.495 e. The Morgan fingerprint density at radius 3 is 2.74 bits per heavy atom. The van der Waals surface area contributed by atoms with Gasteiger partial charge in [0.15, 0.2) is 0 Å². The maximum absolute atomic E-state index is 12.0. The molecule has 0 aliphatic rings. The lowest BCUT2D eigenvalue weighted by Gasteiger charge is -2.20. The van der Waals surface area contributed by atoms with Crippen molar-refractivity contribution in [1.82, 2.24) is 10.3 Å². The molecule has 0 bridgehead atoms. The predicted octanol–water partition coefficient (Wildman–Crippen LogP) is 2.63. The summed E-state index contributed by atoms with van der Waals surface area (Å²) in [7, 11) is 1.64. The maximum atomic E-state index is 12.0. The number of amides is 1. The first-order valence-electron chi connectivity index (χ1n) is 6.34. The summed E-state index contributed by atoms with van der Waals surface area (Å²) in [5.74, 6) is 0.816. The number of aromatic nitrogens is 1. The molecule has 4 nitrogen and oxygen atoms in total. The van der Waals surface area contributed by atoms with Crippen LogP contribution in [0.25, 0.3) is 10.9 Å². The van der Waals surface area contributed by atoms with Crippen molar-refractivity contribution in [3.63, 3.8) is 0 Å². The molecule has 0 unspecified atom stereocenters. The summed E-state index contributed by atoms with van der Waals surface area (Å²) in [5, 5.41) is 4.00. The molecular weight excluding hydrogens is 240 g/mol. The molecule has 4 heteroatoms. The zero-order chi connectivity index (χ0) is 14.0. The zero-order valence-corrected chi connectivity index (χ0v) is 11.8. The second-order valence-electron chi connectivity index (χ2n) is 5.67. The second kappa shape index (κ2) is 4.96. The minimum Gasteiger partial charge on any atom is -0.495 e. The molecule has 1 aromatic carbocycles.